The summed E-state index contributed by atoms with van der Waals surface area (Å²) in [5.74, 6) is -0.796. The van der Waals surface area contributed by atoms with Crippen molar-refractivity contribution in [2.45, 2.75) is 44.9 Å². The second kappa shape index (κ2) is 8.97. The van der Waals surface area contributed by atoms with Crippen LogP contribution in [-0.4, -0.2) is 18.5 Å². The number of esters is 1. The van der Waals surface area contributed by atoms with Gasteiger partial charge in [0.2, 0.25) is 0 Å². The SMILES string of the molecule is N#Cc1c(NC(=O)COC(=O)CCc2ccsc2)sc2c1CCCCC2. The standard InChI is InChI=1S/C19H20N2O3S2/c20-10-15-14-4-2-1-3-5-16(14)26-19(15)21-17(22)11-24-18(23)7-6-13-8-9-25-12-13/h8-9,12H,1-7,11H2,(H,21,22). The second-order valence-electron chi connectivity index (χ2n) is 6.22. The number of nitrogens with zero attached hydrogens (tertiary/aromatic N) is 1. The Morgan fingerprint density at radius 1 is 1.27 bits per heavy atom. The quantitative estimate of drug-likeness (QED) is 0.598. The molecule has 1 aliphatic rings. The predicted octanol–water partition coefficient (Wildman–Crippen LogP) is 4.06. The Bertz CT molecular complexity index is 819. The Balaban J connectivity index is 1.52. The van der Waals surface area contributed by atoms with Crippen molar-refractivity contribution in [3.8, 4) is 6.07 Å². The first kappa shape index (κ1) is 18.6. The highest BCUT2D eigenvalue weighted by Crippen LogP contribution is 2.36. The third-order valence-corrected chi connectivity index (χ3v) is 6.29. The number of fused-ring (bicyclic) bond motifs is 1. The van der Waals surface area contributed by atoms with Crippen molar-refractivity contribution in [1.29, 1.82) is 5.26 Å². The number of hydrogen-bond donors (Lipinski definition) is 1. The van der Waals surface area contributed by atoms with Crippen molar-refractivity contribution < 1.29 is 14.3 Å². The topological polar surface area (TPSA) is 79.2 Å². The Kier molecular flexibility index (Phi) is 6.42. The van der Waals surface area contributed by atoms with E-state index in [-0.39, 0.29) is 13.0 Å². The summed E-state index contributed by atoms with van der Waals surface area (Å²) in [4.78, 5) is 25.1. The van der Waals surface area contributed by atoms with Gasteiger partial charge in [-0.05, 0) is 60.1 Å². The van der Waals surface area contributed by atoms with E-state index in [0.29, 0.717) is 17.0 Å². The lowest BCUT2D eigenvalue weighted by molar-refractivity contribution is -0.147. The molecule has 0 saturated heterocycles. The zero-order valence-electron chi connectivity index (χ0n) is 14.4. The molecule has 1 amide bonds. The Morgan fingerprint density at radius 2 is 2.12 bits per heavy atom. The van der Waals surface area contributed by atoms with Gasteiger partial charge in [0.05, 0.1) is 5.56 Å². The maximum atomic E-state index is 12.1. The number of hydrogen-bond acceptors (Lipinski definition) is 6. The van der Waals surface area contributed by atoms with Crippen LogP contribution in [0.4, 0.5) is 5.00 Å². The van der Waals surface area contributed by atoms with Crippen LogP contribution >= 0.6 is 22.7 Å². The molecule has 7 heteroatoms. The van der Waals surface area contributed by atoms with Crippen LogP contribution in [0.5, 0.6) is 0 Å². The Hall–Kier alpha value is -2.17. The van der Waals surface area contributed by atoms with Crippen molar-refractivity contribution in [2.75, 3.05) is 11.9 Å². The van der Waals surface area contributed by atoms with Crippen molar-refractivity contribution >= 4 is 39.6 Å². The number of ether oxygens (including phenoxy) is 1. The number of nitrogens with one attached hydrogen (secondary N) is 1. The fraction of sp³-hybridized carbons (Fsp3) is 0.421. The normalized spacial score (nSPS) is 13.3. The van der Waals surface area contributed by atoms with Crippen LogP contribution in [0.25, 0.3) is 0 Å². The molecule has 1 aliphatic carbocycles. The Labute approximate surface area is 160 Å². The van der Waals surface area contributed by atoms with Gasteiger partial charge >= 0.3 is 5.97 Å². The minimum Gasteiger partial charge on any atom is -0.456 e. The molecule has 26 heavy (non-hydrogen) atoms. The largest absolute Gasteiger partial charge is 0.456 e. The first-order chi connectivity index (χ1) is 12.7. The van der Waals surface area contributed by atoms with Crippen LogP contribution in [0.3, 0.4) is 0 Å². The summed E-state index contributed by atoms with van der Waals surface area (Å²) in [7, 11) is 0. The molecule has 2 heterocycles. The van der Waals surface area contributed by atoms with Gasteiger partial charge in [-0.2, -0.15) is 16.6 Å². The van der Waals surface area contributed by atoms with Gasteiger partial charge in [-0.25, -0.2) is 0 Å². The highest BCUT2D eigenvalue weighted by atomic mass is 32.1. The molecule has 0 saturated carbocycles. The molecule has 0 unspecified atom stereocenters. The minimum absolute atomic E-state index is 0.251. The number of anilines is 1. The molecule has 0 aliphatic heterocycles. The summed E-state index contributed by atoms with van der Waals surface area (Å²) in [6.07, 6.45) is 6.08. The molecule has 5 nitrogen and oxygen atoms in total. The van der Waals surface area contributed by atoms with Gasteiger partial charge in [0.15, 0.2) is 6.61 Å². The second-order valence-corrected chi connectivity index (χ2v) is 8.11. The molecule has 0 aromatic carbocycles. The maximum absolute atomic E-state index is 12.1. The molecule has 0 atom stereocenters. The molecule has 0 bridgehead atoms. The van der Waals surface area contributed by atoms with Crippen LogP contribution < -0.4 is 5.32 Å². The van der Waals surface area contributed by atoms with Crippen LogP contribution in [0.2, 0.25) is 0 Å². The average Bonchev–Trinajstić information content (AvgIpc) is 3.20. The molecule has 136 valence electrons. The fourth-order valence-electron chi connectivity index (χ4n) is 3.01. The number of thiophene rings is 2. The smallest absolute Gasteiger partial charge is 0.306 e. The number of nitriles is 1. The van der Waals surface area contributed by atoms with Gasteiger partial charge in [-0.3, -0.25) is 9.59 Å². The third kappa shape index (κ3) is 4.71. The van der Waals surface area contributed by atoms with Crippen LogP contribution in [0, 0.1) is 11.3 Å². The first-order valence-corrected chi connectivity index (χ1v) is 10.4. The summed E-state index contributed by atoms with van der Waals surface area (Å²) in [6.45, 7) is -0.324. The van der Waals surface area contributed by atoms with E-state index in [1.54, 1.807) is 11.3 Å². The van der Waals surface area contributed by atoms with Crippen LogP contribution in [-0.2, 0) is 33.6 Å². The van der Waals surface area contributed by atoms with Gasteiger partial charge in [0.25, 0.3) is 5.91 Å². The van der Waals surface area contributed by atoms with Gasteiger partial charge in [-0.1, -0.05) is 6.42 Å². The first-order valence-electron chi connectivity index (χ1n) is 8.68. The molecule has 1 N–H and O–H groups in total. The number of rotatable bonds is 6. The maximum Gasteiger partial charge on any atom is 0.306 e. The zero-order valence-corrected chi connectivity index (χ0v) is 16.0. The summed E-state index contributed by atoms with van der Waals surface area (Å²) >= 11 is 3.06. The molecule has 0 fully saturated rings. The summed E-state index contributed by atoms with van der Waals surface area (Å²) < 4.78 is 5.04. The zero-order chi connectivity index (χ0) is 18.4. The molecule has 0 radical (unpaired) electrons. The molecular formula is C19H20N2O3S2. The van der Waals surface area contributed by atoms with Crippen molar-refractivity contribution in [3.05, 3.63) is 38.4 Å². The van der Waals surface area contributed by atoms with Crippen molar-refractivity contribution in [3.63, 3.8) is 0 Å². The summed E-state index contributed by atoms with van der Waals surface area (Å²) in [5, 5.41) is 16.7. The Morgan fingerprint density at radius 3 is 2.88 bits per heavy atom. The summed E-state index contributed by atoms with van der Waals surface area (Å²) in [5.41, 5.74) is 2.75. The summed E-state index contributed by atoms with van der Waals surface area (Å²) in [6, 6.07) is 4.19. The number of amides is 1. The number of carbonyl (C=O) groups is 2. The van der Waals surface area contributed by atoms with Gasteiger partial charge < -0.3 is 10.1 Å². The lowest BCUT2D eigenvalue weighted by Gasteiger charge is -2.06. The molecule has 0 spiro atoms. The van der Waals surface area contributed by atoms with Crippen LogP contribution in [0.1, 0.15) is 47.3 Å². The molecular weight excluding hydrogens is 368 g/mol. The monoisotopic (exact) mass is 388 g/mol. The fourth-order valence-corrected chi connectivity index (χ4v) is 4.97. The highest BCUT2D eigenvalue weighted by Gasteiger charge is 2.21. The van der Waals surface area contributed by atoms with Gasteiger partial charge in [0.1, 0.15) is 11.1 Å². The van der Waals surface area contributed by atoms with Crippen LogP contribution in [0.15, 0.2) is 16.8 Å². The highest BCUT2D eigenvalue weighted by molar-refractivity contribution is 7.16. The molecule has 2 aromatic rings. The number of aryl methyl sites for hydroxylation is 2. The van der Waals surface area contributed by atoms with Gasteiger partial charge in [0, 0.05) is 11.3 Å². The average molecular weight is 389 g/mol. The van der Waals surface area contributed by atoms with E-state index in [2.05, 4.69) is 11.4 Å². The van der Waals surface area contributed by atoms with Crippen molar-refractivity contribution in [2.24, 2.45) is 0 Å². The minimum atomic E-state index is -0.401. The van der Waals surface area contributed by atoms with E-state index in [0.717, 1.165) is 36.8 Å². The lowest BCUT2D eigenvalue weighted by atomic mass is 10.1. The molecule has 3 rings (SSSR count). The van der Waals surface area contributed by atoms with E-state index in [4.69, 9.17) is 4.74 Å². The molecule has 2 aromatic heterocycles. The van der Waals surface area contributed by atoms with E-state index < -0.39 is 11.9 Å². The number of carbonyl (C=O) groups excluding carboxylic acids is 2. The third-order valence-electron chi connectivity index (χ3n) is 4.35. The van der Waals surface area contributed by atoms with E-state index in [1.165, 1.54) is 22.6 Å². The van der Waals surface area contributed by atoms with Crippen molar-refractivity contribution in [1.82, 2.24) is 0 Å². The van der Waals surface area contributed by atoms with E-state index in [1.807, 2.05) is 16.8 Å². The van der Waals surface area contributed by atoms with Gasteiger partial charge in [-0.15, -0.1) is 11.3 Å². The van der Waals surface area contributed by atoms with E-state index in [9.17, 15) is 14.9 Å². The lowest BCUT2D eigenvalue weighted by Crippen LogP contribution is -2.21. The van der Waals surface area contributed by atoms with E-state index >= 15 is 0 Å². The predicted molar refractivity (Wildman–Crippen MR) is 103 cm³/mol.